The van der Waals surface area contributed by atoms with E-state index in [0.29, 0.717) is 0 Å². The maximum absolute atomic E-state index is 11.2. The van der Waals surface area contributed by atoms with E-state index >= 15 is 0 Å². The normalized spacial score (nSPS) is 10.5. The lowest BCUT2D eigenvalue weighted by atomic mass is 10.0. The largest absolute Gasteiger partial charge is 0.477 e. The third-order valence-corrected chi connectivity index (χ3v) is 3.24. The number of aromatic carboxylic acids is 1. The number of carboxylic acid groups (broad SMARTS) is 1. The first-order valence-corrected chi connectivity index (χ1v) is 6.91. The van der Waals surface area contributed by atoms with Crippen molar-refractivity contribution in [2.45, 2.75) is 33.1 Å². The van der Waals surface area contributed by atoms with Crippen LogP contribution < -0.4 is 0 Å². The molecule has 1 heterocycles. The molecule has 1 aromatic carbocycles. The smallest absolute Gasteiger partial charge is 0.354 e. The van der Waals surface area contributed by atoms with Crippen LogP contribution in [0.15, 0.2) is 36.4 Å². The standard InChI is InChI=1S/C17H19NO2/c1-3-4-7-13-10-15(18-16(11-13)17(19)20)14-8-5-6-12(2)9-14/h5-6,8-11H,3-4,7H2,1-2H3,(H,19,20). The second kappa shape index (κ2) is 6.33. The zero-order chi connectivity index (χ0) is 14.5. The van der Waals surface area contributed by atoms with Gasteiger partial charge in [0.25, 0.3) is 0 Å². The molecule has 0 amide bonds. The van der Waals surface area contributed by atoms with Crippen LogP contribution in [0.5, 0.6) is 0 Å². The van der Waals surface area contributed by atoms with Gasteiger partial charge in [-0.1, -0.05) is 37.1 Å². The summed E-state index contributed by atoms with van der Waals surface area (Å²) in [6, 6.07) is 11.6. The van der Waals surface area contributed by atoms with Gasteiger partial charge in [0.15, 0.2) is 0 Å². The third kappa shape index (κ3) is 3.44. The van der Waals surface area contributed by atoms with Gasteiger partial charge in [-0.05, 0) is 43.5 Å². The molecule has 1 N–H and O–H groups in total. The Bertz CT molecular complexity index is 620. The number of nitrogens with zero attached hydrogens (tertiary/aromatic N) is 1. The maximum Gasteiger partial charge on any atom is 0.354 e. The molecule has 0 bridgehead atoms. The van der Waals surface area contributed by atoms with Crippen LogP contribution in [0.2, 0.25) is 0 Å². The topological polar surface area (TPSA) is 50.2 Å². The first kappa shape index (κ1) is 14.3. The molecular weight excluding hydrogens is 250 g/mol. The van der Waals surface area contributed by atoms with E-state index in [-0.39, 0.29) is 5.69 Å². The van der Waals surface area contributed by atoms with Gasteiger partial charge >= 0.3 is 5.97 Å². The number of aromatic nitrogens is 1. The van der Waals surface area contributed by atoms with Crippen LogP contribution in [0, 0.1) is 6.92 Å². The maximum atomic E-state index is 11.2. The lowest BCUT2D eigenvalue weighted by molar-refractivity contribution is 0.0690. The van der Waals surface area contributed by atoms with Crippen LogP contribution in [0.3, 0.4) is 0 Å². The molecule has 3 nitrogen and oxygen atoms in total. The summed E-state index contributed by atoms with van der Waals surface area (Å²) in [7, 11) is 0. The zero-order valence-corrected chi connectivity index (χ0v) is 11.9. The van der Waals surface area contributed by atoms with Crippen molar-refractivity contribution in [3.8, 4) is 11.3 Å². The number of pyridine rings is 1. The molecule has 0 saturated carbocycles. The van der Waals surface area contributed by atoms with Crippen molar-refractivity contribution in [2.24, 2.45) is 0 Å². The van der Waals surface area contributed by atoms with Gasteiger partial charge in [0.2, 0.25) is 0 Å². The van der Waals surface area contributed by atoms with Gasteiger partial charge in [-0.3, -0.25) is 0 Å². The summed E-state index contributed by atoms with van der Waals surface area (Å²) in [4.78, 5) is 15.5. The van der Waals surface area contributed by atoms with Crippen molar-refractivity contribution >= 4 is 5.97 Å². The number of rotatable bonds is 5. The van der Waals surface area contributed by atoms with Crippen LogP contribution >= 0.6 is 0 Å². The molecular formula is C17H19NO2. The molecule has 0 aliphatic carbocycles. The molecule has 0 fully saturated rings. The van der Waals surface area contributed by atoms with Crippen molar-refractivity contribution in [2.75, 3.05) is 0 Å². The Morgan fingerprint density at radius 3 is 2.70 bits per heavy atom. The number of aryl methyl sites for hydroxylation is 2. The molecule has 1 aromatic heterocycles. The van der Waals surface area contributed by atoms with E-state index in [1.165, 1.54) is 0 Å². The van der Waals surface area contributed by atoms with E-state index in [0.717, 1.165) is 41.6 Å². The average Bonchev–Trinajstić information content (AvgIpc) is 2.44. The van der Waals surface area contributed by atoms with Crippen LogP contribution in [-0.2, 0) is 6.42 Å². The van der Waals surface area contributed by atoms with E-state index < -0.39 is 5.97 Å². The summed E-state index contributed by atoms with van der Waals surface area (Å²) < 4.78 is 0. The molecule has 0 unspecified atom stereocenters. The predicted octanol–water partition coefficient (Wildman–Crippen LogP) is 4.10. The second-order valence-electron chi connectivity index (χ2n) is 5.02. The molecule has 0 aliphatic heterocycles. The van der Waals surface area contributed by atoms with E-state index in [1.807, 2.05) is 37.3 Å². The van der Waals surface area contributed by atoms with Crippen LogP contribution in [0.4, 0.5) is 0 Å². The highest BCUT2D eigenvalue weighted by molar-refractivity contribution is 5.86. The van der Waals surface area contributed by atoms with Gasteiger partial charge in [-0.15, -0.1) is 0 Å². The number of unbranched alkanes of at least 4 members (excludes halogenated alkanes) is 1. The summed E-state index contributed by atoms with van der Waals surface area (Å²) >= 11 is 0. The highest BCUT2D eigenvalue weighted by atomic mass is 16.4. The third-order valence-electron chi connectivity index (χ3n) is 3.24. The van der Waals surface area contributed by atoms with Crippen molar-refractivity contribution in [1.29, 1.82) is 0 Å². The molecule has 0 spiro atoms. The molecule has 3 heteroatoms. The molecule has 0 aliphatic rings. The van der Waals surface area contributed by atoms with Gasteiger partial charge in [-0.25, -0.2) is 9.78 Å². The van der Waals surface area contributed by atoms with Crippen LogP contribution in [0.25, 0.3) is 11.3 Å². The van der Waals surface area contributed by atoms with E-state index in [4.69, 9.17) is 0 Å². The molecule has 0 atom stereocenters. The van der Waals surface area contributed by atoms with Crippen molar-refractivity contribution < 1.29 is 9.90 Å². The van der Waals surface area contributed by atoms with Gasteiger partial charge in [-0.2, -0.15) is 0 Å². The second-order valence-corrected chi connectivity index (χ2v) is 5.02. The number of carboxylic acids is 1. The summed E-state index contributed by atoms with van der Waals surface area (Å²) in [5, 5.41) is 9.20. The average molecular weight is 269 g/mol. The first-order chi connectivity index (χ1) is 9.60. The lowest BCUT2D eigenvalue weighted by Gasteiger charge is -2.07. The number of hydrogen-bond acceptors (Lipinski definition) is 2. The Labute approximate surface area is 119 Å². The van der Waals surface area contributed by atoms with Gasteiger partial charge < -0.3 is 5.11 Å². The van der Waals surface area contributed by atoms with Crippen molar-refractivity contribution in [3.05, 3.63) is 53.2 Å². The van der Waals surface area contributed by atoms with Crippen molar-refractivity contribution in [3.63, 3.8) is 0 Å². The Morgan fingerprint density at radius 1 is 1.25 bits per heavy atom. The highest BCUT2D eigenvalue weighted by Crippen LogP contribution is 2.21. The van der Waals surface area contributed by atoms with Gasteiger partial charge in [0.1, 0.15) is 5.69 Å². The summed E-state index contributed by atoms with van der Waals surface area (Å²) in [5.74, 6) is -0.975. The fraction of sp³-hybridized carbons (Fsp3) is 0.294. The summed E-state index contributed by atoms with van der Waals surface area (Å²) in [5.41, 5.74) is 4.00. The SMILES string of the molecule is CCCCc1cc(C(=O)O)nc(-c2cccc(C)c2)c1. The minimum Gasteiger partial charge on any atom is -0.477 e. The Morgan fingerprint density at radius 2 is 2.05 bits per heavy atom. The van der Waals surface area contributed by atoms with Crippen LogP contribution in [-0.4, -0.2) is 16.1 Å². The Kier molecular flexibility index (Phi) is 4.51. The minimum atomic E-state index is -0.975. The monoisotopic (exact) mass is 269 g/mol. The zero-order valence-electron chi connectivity index (χ0n) is 11.9. The minimum absolute atomic E-state index is 0.120. The van der Waals surface area contributed by atoms with E-state index in [9.17, 15) is 9.90 Å². The lowest BCUT2D eigenvalue weighted by Crippen LogP contribution is -2.03. The molecule has 0 saturated heterocycles. The first-order valence-electron chi connectivity index (χ1n) is 6.91. The van der Waals surface area contributed by atoms with Gasteiger partial charge in [0, 0.05) is 5.56 Å². The number of hydrogen-bond donors (Lipinski definition) is 1. The molecule has 20 heavy (non-hydrogen) atoms. The fourth-order valence-corrected chi connectivity index (χ4v) is 2.17. The summed E-state index contributed by atoms with van der Waals surface area (Å²) in [6.07, 6.45) is 3.03. The fourth-order valence-electron chi connectivity index (χ4n) is 2.17. The molecule has 104 valence electrons. The Balaban J connectivity index is 2.46. The molecule has 2 rings (SSSR count). The molecule has 2 aromatic rings. The quantitative estimate of drug-likeness (QED) is 0.889. The Hall–Kier alpha value is -2.16. The highest BCUT2D eigenvalue weighted by Gasteiger charge is 2.10. The molecule has 0 radical (unpaired) electrons. The number of carbonyl (C=O) groups is 1. The summed E-state index contributed by atoms with van der Waals surface area (Å²) in [6.45, 7) is 4.14. The van der Waals surface area contributed by atoms with E-state index in [2.05, 4.69) is 11.9 Å². The predicted molar refractivity (Wildman–Crippen MR) is 80.0 cm³/mol. The van der Waals surface area contributed by atoms with E-state index in [1.54, 1.807) is 6.07 Å². The number of benzene rings is 1. The van der Waals surface area contributed by atoms with Crippen LogP contribution in [0.1, 0.15) is 41.4 Å². The van der Waals surface area contributed by atoms with Gasteiger partial charge in [0.05, 0.1) is 5.69 Å². The van der Waals surface area contributed by atoms with Crippen molar-refractivity contribution in [1.82, 2.24) is 4.98 Å².